The number of methoxy groups -OCH3 is 1. The second kappa shape index (κ2) is 8.09. The van der Waals surface area contributed by atoms with E-state index in [4.69, 9.17) is 9.84 Å². The maximum atomic E-state index is 12.4. The molecule has 5 nitrogen and oxygen atoms in total. The lowest BCUT2D eigenvalue weighted by Crippen LogP contribution is -2.31. The van der Waals surface area contributed by atoms with Gasteiger partial charge in [-0.15, -0.1) is 0 Å². The lowest BCUT2D eigenvalue weighted by molar-refractivity contribution is -0.131. The van der Waals surface area contributed by atoms with Crippen LogP contribution in [-0.4, -0.2) is 42.1 Å². The van der Waals surface area contributed by atoms with Gasteiger partial charge < -0.3 is 14.7 Å². The molecule has 0 saturated carbocycles. The summed E-state index contributed by atoms with van der Waals surface area (Å²) in [7, 11) is 1.50. The smallest absolute Gasteiger partial charge is 0.328 e. The van der Waals surface area contributed by atoms with Gasteiger partial charge in [0.1, 0.15) is 5.75 Å². The first kappa shape index (κ1) is 16.8. The van der Waals surface area contributed by atoms with Crippen molar-refractivity contribution in [1.82, 2.24) is 4.90 Å². The number of aliphatic carboxylic acids is 1. The van der Waals surface area contributed by atoms with Crippen LogP contribution >= 0.6 is 0 Å². The van der Waals surface area contributed by atoms with E-state index >= 15 is 0 Å². The highest BCUT2D eigenvalue weighted by Gasteiger charge is 2.14. The van der Waals surface area contributed by atoms with E-state index in [-0.39, 0.29) is 5.91 Å². The standard InChI is InChI=1S/C16H21NO4/c1-4-10-17(5-2)16(20)13-6-8-14(21-3)12(11-13)7-9-15(18)19/h6-9,11H,4-5,10H2,1-3H3,(H,18,19). The van der Waals surface area contributed by atoms with E-state index in [1.54, 1.807) is 23.1 Å². The summed E-state index contributed by atoms with van der Waals surface area (Å²) in [5.74, 6) is -0.579. The number of carbonyl (C=O) groups excluding carboxylic acids is 1. The van der Waals surface area contributed by atoms with Crippen molar-refractivity contribution in [2.75, 3.05) is 20.2 Å². The Hall–Kier alpha value is -2.30. The van der Waals surface area contributed by atoms with Crippen molar-refractivity contribution in [2.24, 2.45) is 0 Å². The summed E-state index contributed by atoms with van der Waals surface area (Å²) in [6.45, 7) is 5.29. The monoisotopic (exact) mass is 291 g/mol. The highest BCUT2D eigenvalue weighted by atomic mass is 16.5. The normalized spacial score (nSPS) is 10.6. The third-order valence-corrected chi connectivity index (χ3v) is 3.04. The molecule has 1 aromatic carbocycles. The zero-order valence-corrected chi connectivity index (χ0v) is 12.6. The maximum absolute atomic E-state index is 12.4. The average molecular weight is 291 g/mol. The summed E-state index contributed by atoms with van der Waals surface area (Å²) < 4.78 is 5.18. The minimum Gasteiger partial charge on any atom is -0.496 e. The topological polar surface area (TPSA) is 66.8 Å². The molecule has 1 rings (SSSR count). The molecular formula is C16H21NO4. The second-order valence-electron chi connectivity index (χ2n) is 4.51. The van der Waals surface area contributed by atoms with Gasteiger partial charge in [0.05, 0.1) is 7.11 Å². The van der Waals surface area contributed by atoms with Crippen molar-refractivity contribution < 1.29 is 19.4 Å². The Morgan fingerprint density at radius 1 is 1.33 bits per heavy atom. The van der Waals surface area contributed by atoms with Gasteiger partial charge in [-0.05, 0) is 37.6 Å². The Balaban J connectivity index is 3.12. The molecule has 0 fully saturated rings. The number of nitrogens with zero attached hydrogens (tertiary/aromatic N) is 1. The first-order valence-electron chi connectivity index (χ1n) is 6.91. The van der Waals surface area contributed by atoms with Crippen LogP contribution in [0.3, 0.4) is 0 Å². The highest BCUT2D eigenvalue weighted by molar-refractivity contribution is 5.95. The molecule has 0 bridgehead atoms. The molecule has 0 aliphatic carbocycles. The Morgan fingerprint density at radius 2 is 2.05 bits per heavy atom. The van der Waals surface area contributed by atoms with Crippen LogP contribution in [0.1, 0.15) is 36.2 Å². The zero-order chi connectivity index (χ0) is 15.8. The SMILES string of the molecule is CCCN(CC)C(=O)c1ccc(OC)c(C=CC(=O)O)c1. The predicted octanol–water partition coefficient (Wildman–Crippen LogP) is 2.67. The molecule has 1 amide bonds. The van der Waals surface area contributed by atoms with E-state index in [0.717, 1.165) is 12.5 Å². The number of ether oxygens (including phenoxy) is 1. The largest absolute Gasteiger partial charge is 0.496 e. The average Bonchev–Trinajstić information content (AvgIpc) is 2.49. The van der Waals surface area contributed by atoms with Crippen molar-refractivity contribution in [3.8, 4) is 5.75 Å². The summed E-state index contributed by atoms with van der Waals surface area (Å²) in [4.78, 5) is 24.8. The molecule has 0 aliphatic rings. The van der Waals surface area contributed by atoms with Gasteiger partial charge in [0.15, 0.2) is 0 Å². The molecule has 1 aromatic rings. The van der Waals surface area contributed by atoms with Crippen LogP contribution in [0.5, 0.6) is 5.75 Å². The number of carboxylic acids is 1. The van der Waals surface area contributed by atoms with Gasteiger partial charge in [-0.3, -0.25) is 4.79 Å². The summed E-state index contributed by atoms with van der Waals surface area (Å²) in [5.41, 5.74) is 1.09. The number of carbonyl (C=O) groups is 2. The maximum Gasteiger partial charge on any atom is 0.328 e. The molecule has 1 N–H and O–H groups in total. The third kappa shape index (κ3) is 4.63. The lowest BCUT2D eigenvalue weighted by atomic mass is 10.1. The van der Waals surface area contributed by atoms with Crippen LogP contribution < -0.4 is 4.74 Å². The minimum atomic E-state index is -1.05. The van der Waals surface area contributed by atoms with Crippen LogP contribution in [0.4, 0.5) is 0 Å². The number of hydrogen-bond acceptors (Lipinski definition) is 3. The fourth-order valence-corrected chi connectivity index (χ4v) is 2.01. The van der Waals surface area contributed by atoms with Crippen molar-refractivity contribution in [3.05, 3.63) is 35.4 Å². The molecule has 5 heteroatoms. The molecule has 0 heterocycles. The van der Waals surface area contributed by atoms with Crippen molar-refractivity contribution in [2.45, 2.75) is 20.3 Å². The molecule has 0 aliphatic heterocycles. The van der Waals surface area contributed by atoms with Crippen LogP contribution in [-0.2, 0) is 4.79 Å². The number of hydrogen-bond donors (Lipinski definition) is 1. The number of amides is 1. The van der Waals surface area contributed by atoms with E-state index in [1.165, 1.54) is 13.2 Å². The predicted molar refractivity (Wildman–Crippen MR) is 81.5 cm³/mol. The van der Waals surface area contributed by atoms with Crippen LogP contribution in [0.2, 0.25) is 0 Å². The van der Waals surface area contributed by atoms with E-state index in [9.17, 15) is 9.59 Å². The number of rotatable bonds is 7. The summed E-state index contributed by atoms with van der Waals surface area (Å²) >= 11 is 0. The number of carboxylic acid groups (broad SMARTS) is 1. The second-order valence-corrected chi connectivity index (χ2v) is 4.51. The quantitative estimate of drug-likeness (QED) is 0.784. The Morgan fingerprint density at radius 3 is 2.57 bits per heavy atom. The van der Waals surface area contributed by atoms with E-state index < -0.39 is 5.97 Å². The van der Waals surface area contributed by atoms with Crippen LogP contribution in [0.25, 0.3) is 6.08 Å². The summed E-state index contributed by atoms with van der Waals surface area (Å²) in [6.07, 6.45) is 3.34. The first-order valence-corrected chi connectivity index (χ1v) is 6.91. The molecule has 21 heavy (non-hydrogen) atoms. The van der Waals surface area contributed by atoms with Crippen LogP contribution in [0.15, 0.2) is 24.3 Å². The van der Waals surface area contributed by atoms with Gasteiger partial charge >= 0.3 is 5.97 Å². The summed E-state index contributed by atoms with van der Waals surface area (Å²) in [5, 5.41) is 8.71. The first-order chi connectivity index (χ1) is 10.0. The molecule has 0 aromatic heterocycles. The molecule has 0 unspecified atom stereocenters. The van der Waals surface area contributed by atoms with Gasteiger partial charge in [0.2, 0.25) is 0 Å². The van der Waals surface area contributed by atoms with Gasteiger partial charge in [0.25, 0.3) is 5.91 Å². The molecule has 0 atom stereocenters. The van der Waals surface area contributed by atoms with Gasteiger partial charge in [-0.1, -0.05) is 6.92 Å². The molecule has 0 spiro atoms. The molecular weight excluding hydrogens is 270 g/mol. The molecule has 114 valence electrons. The van der Waals surface area contributed by atoms with E-state index in [2.05, 4.69) is 0 Å². The van der Waals surface area contributed by atoms with Crippen molar-refractivity contribution in [3.63, 3.8) is 0 Å². The molecule has 0 radical (unpaired) electrons. The fourth-order valence-electron chi connectivity index (χ4n) is 2.01. The van der Waals surface area contributed by atoms with E-state index in [1.807, 2.05) is 13.8 Å². The Labute approximate surface area is 124 Å². The zero-order valence-electron chi connectivity index (χ0n) is 12.6. The fraction of sp³-hybridized carbons (Fsp3) is 0.375. The van der Waals surface area contributed by atoms with Gasteiger partial charge in [-0.25, -0.2) is 4.79 Å². The third-order valence-electron chi connectivity index (χ3n) is 3.04. The lowest BCUT2D eigenvalue weighted by Gasteiger charge is -2.20. The minimum absolute atomic E-state index is 0.0630. The highest BCUT2D eigenvalue weighted by Crippen LogP contribution is 2.22. The molecule has 0 saturated heterocycles. The van der Waals surface area contributed by atoms with Gasteiger partial charge in [0, 0.05) is 30.3 Å². The Kier molecular flexibility index (Phi) is 6.46. The Bertz CT molecular complexity index is 537. The number of benzene rings is 1. The summed E-state index contributed by atoms with van der Waals surface area (Å²) in [6, 6.07) is 5.02. The van der Waals surface area contributed by atoms with Gasteiger partial charge in [-0.2, -0.15) is 0 Å². The van der Waals surface area contributed by atoms with E-state index in [0.29, 0.717) is 30.0 Å². The van der Waals surface area contributed by atoms with Crippen LogP contribution in [0, 0.1) is 0 Å². The van der Waals surface area contributed by atoms with Crippen molar-refractivity contribution in [1.29, 1.82) is 0 Å². The van der Waals surface area contributed by atoms with Crippen molar-refractivity contribution >= 4 is 18.0 Å².